The number of H-pyrrole nitrogens is 1. The Balaban J connectivity index is 1.20. The number of benzene rings is 1. The molecule has 4 nitrogen and oxygen atoms in total. The Morgan fingerprint density at radius 1 is 1.19 bits per heavy atom. The van der Waals surface area contributed by atoms with Gasteiger partial charge in [-0.15, -0.1) is 0 Å². The van der Waals surface area contributed by atoms with Crippen LogP contribution in [0.15, 0.2) is 24.3 Å². The van der Waals surface area contributed by atoms with Gasteiger partial charge in [0.1, 0.15) is 5.82 Å². The van der Waals surface area contributed by atoms with Gasteiger partial charge in [-0.2, -0.15) is 0 Å². The van der Waals surface area contributed by atoms with Gasteiger partial charge in [0.05, 0.1) is 11.0 Å². The molecular weight excluding hydrogens is 322 g/mol. The molecule has 1 aromatic carbocycles. The van der Waals surface area contributed by atoms with Crippen LogP contribution in [0.4, 0.5) is 0 Å². The van der Waals surface area contributed by atoms with Crippen LogP contribution in [0.25, 0.3) is 11.0 Å². The quantitative estimate of drug-likeness (QED) is 0.847. The van der Waals surface area contributed by atoms with Crippen molar-refractivity contribution in [3.8, 4) is 0 Å². The van der Waals surface area contributed by atoms with Crippen LogP contribution in [-0.4, -0.2) is 21.9 Å². The summed E-state index contributed by atoms with van der Waals surface area (Å²) in [7, 11) is 0. The van der Waals surface area contributed by atoms with Crippen LogP contribution in [0.5, 0.6) is 0 Å². The minimum absolute atomic E-state index is 0.175. The van der Waals surface area contributed by atoms with Gasteiger partial charge in [0.25, 0.3) is 0 Å². The minimum atomic E-state index is 0.175. The number of para-hydroxylation sites is 2. The normalized spacial score (nSPS) is 33.5. The van der Waals surface area contributed by atoms with Gasteiger partial charge in [0.2, 0.25) is 5.91 Å². The number of nitrogens with one attached hydrogen (secondary N) is 2. The molecule has 1 heterocycles. The summed E-state index contributed by atoms with van der Waals surface area (Å²) in [4.78, 5) is 20.5. The maximum Gasteiger partial charge on any atom is 0.220 e. The van der Waals surface area contributed by atoms with E-state index in [4.69, 9.17) is 0 Å². The van der Waals surface area contributed by atoms with Crippen LogP contribution in [0.3, 0.4) is 0 Å². The summed E-state index contributed by atoms with van der Waals surface area (Å²) in [5.74, 6) is 3.86. The van der Waals surface area contributed by atoms with E-state index in [1.54, 1.807) is 0 Å². The molecule has 26 heavy (non-hydrogen) atoms. The summed E-state index contributed by atoms with van der Waals surface area (Å²) < 4.78 is 0. The number of carbonyl (C=O) groups excluding carboxylic acids is 1. The molecular formula is C22H29N3O. The number of aromatic nitrogens is 2. The van der Waals surface area contributed by atoms with Crippen molar-refractivity contribution in [3.05, 3.63) is 30.1 Å². The maximum atomic E-state index is 12.6. The van der Waals surface area contributed by atoms with Crippen LogP contribution in [0.2, 0.25) is 0 Å². The van der Waals surface area contributed by atoms with E-state index in [0.29, 0.717) is 24.3 Å². The number of hydrogen-bond acceptors (Lipinski definition) is 2. The average molecular weight is 351 g/mol. The molecule has 2 aromatic rings. The molecule has 2 N–H and O–H groups in total. The molecule has 0 aliphatic heterocycles. The molecule has 138 valence electrons. The minimum Gasteiger partial charge on any atom is -0.353 e. The summed E-state index contributed by atoms with van der Waals surface area (Å²) in [6, 6.07) is 8.33. The van der Waals surface area contributed by atoms with Crippen molar-refractivity contribution < 1.29 is 4.79 Å². The Hall–Kier alpha value is -1.84. The highest BCUT2D eigenvalue weighted by Crippen LogP contribution is 2.61. The molecule has 1 aromatic heterocycles. The lowest BCUT2D eigenvalue weighted by atomic mass is 9.48. The molecule has 0 spiro atoms. The fourth-order valence-corrected chi connectivity index (χ4v) is 6.53. The zero-order valence-electron chi connectivity index (χ0n) is 15.6. The van der Waals surface area contributed by atoms with Crippen molar-refractivity contribution in [2.45, 2.75) is 64.3 Å². The van der Waals surface area contributed by atoms with Crippen molar-refractivity contribution >= 4 is 16.9 Å². The first kappa shape index (κ1) is 16.3. The molecule has 4 aliphatic rings. The monoisotopic (exact) mass is 351 g/mol. The lowest BCUT2D eigenvalue weighted by Gasteiger charge is -2.59. The lowest BCUT2D eigenvalue weighted by Crippen LogP contribution is -2.55. The van der Waals surface area contributed by atoms with E-state index < -0.39 is 0 Å². The molecule has 0 radical (unpaired) electrons. The van der Waals surface area contributed by atoms with E-state index >= 15 is 0 Å². The summed E-state index contributed by atoms with van der Waals surface area (Å²) in [5.41, 5.74) is 2.40. The second-order valence-electron chi connectivity index (χ2n) is 9.27. The van der Waals surface area contributed by atoms with Crippen molar-refractivity contribution in [3.63, 3.8) is 0 Å². The summed E-state index contributed by atoms with van der Waals surface area (Å²) in [6.45, 7) is 2.26. The van der Waals surface area contributed by atoms with Crippen LogP contribution in [0, 0.1) is 23.2 Å². The standard InChI is InChI=1S/C22H29N3O/c1-14(22-11-15-8-16(12-22)10-17(9-15)13-22)23-21(26)7-6-20-24-18-4-2-3-5-19(18)25-20/h2-5,14-17H,6-13H2,1H3,(H,23,26)(H,24,25)/t14-,15?,16?,17?,22?/m0/s1. The molecule has 4 saturated carbocycles. The van der Waals surface area contributed by atoms with Crippen molar-refractivity contribution in [1.82, 2.24) is 15.3 Å². The molecule has 6 rings (SSSR count). The van der Waals surface area contributed by atoms with E-state index in [0.717, 1.165) is 34.6 Å². The van der Waals surface area contributed by atoms with E-state index in [1.807, 2.05) is 24.3 Å². The molecule has 1 amide bonds. The van der Waals surface area contributed by atoms with Crippen molar-refractivity contribution in [2.24, 2.45) is 23.2 Å². The summed E-state index contributed by atoms with van der Waals surface area (Å²) in [6.07, 6.45) is 9.55. The van der Waals surface area contributed by atoms with Crippen molar-refractivity contribution in [1.29, 1.82) is 0 Å². The largest absolute Gasteiger partial charge is 0.353 e. The average Bonchev–Trinajstić information content (AvgIpc) is 3.02. The highest BCUT2D eigenvalue weighted by molar-refractivity contribution is 5.77. The Morgan fingerprint density at radius 2 is 1.85 bits per heavy atom. The topological polar surface area (TPSA) is 57.8 Å². The fourth-order valence-electron chi connectivity index (χ4n) is 6.53. The molecule has 4 heteroatoms. The summed E-state index contributed by atoms with van der Waals surface area (Å²) >= 11 is 0. The first-order valence-corrected chi connectivity index (χ1v) is 10.3. The molecule has 1 atom stereocenters. The Kier molecular flexibility index (Phi) is 3.84. The number of nitrogens with zero attached hydrogens (tertiary/aromatic N) is 1. The summed E-state index contributed by atoms with van der Waals surface area (Å²) in [5, 5.41) is 3.36. The third kappa shape index (κ3) is 2.83. The highest BCUT2D eigenvalue weighted by Gasteiger charge is 2.53. The zero-order chi connectivity index (χ0) is 17.7. The zero-order valence-corrected chi connectivity index (χ0v) is 15.6. The Morgan fingerprint density at radius 3 is 2.50 bits per heavy atom. The second-order valence-corrected chi connectivity index (χ2v) is 9.27. The number of rotatable bonds is 5. The molecule has 4 aliphatic carbocycles. The van der Waals surface area contributed by atoms with Crippen molar-refractivity contribution in [2.75, 3.05) is 0 Å². The van der Waals surface area contributed by atoms with Crippen LogP contribution < -0.4 is 5.32 Å². The predicted octanol–water partition coefficient (Wildman–Crippen LogP) is 4.22. The van der Waals surface area contributed by atoms with Gasteiger partial charge in [-0.05, 0) is 80.8 Å². The predicted molar refractivity (Wildman–Crippen MR) is 103 cm³/mol. The highest BCUT2D eigenvalue weighted by atomic mass is 16.1. The number of aryl methyl sites for hydroxylation is 1. The Bertz CT molecular complexity index is 755. The van der Waals surface area contributed by atoms with E-state index in [1.165, 1.54) is 38.5 Å². The number of amides is 1. The number of carbonyl (C=O) groups is 1. The number of aromatic amines is 1. The van der Waals surface area contributed by atoms with Gasteiger partial charge in [-0.3, -0.25) is 4.79 Å². The van der Waals surface area contributed by atoms with Gasteiger partial charge in [0.15, 0.2) is 0 Å². The Labute approximate surface area is 155 Å². The molecule has 0 saturated heterocycles. The molecule has 4 fully saturated rings. The van der Waals surface area contributed by atoms with Gasteiger partial charge < -0.3 is 10.3 Å². The van der Waals surface area contributed by atoms with Gasteiger partial charge in [-0.1, -0.05) is 12.1 Å². The van der Waals surface area contributed by atoms with Crippen LogP contribution >= 0.6 is 0 Å². The van der Waals surface area contributed by atoms with Gasteiger partial charge >= 0.3 is 0 Å². The third-order valence-corrected chi connectivity index (χ3v) is 7.41. The third-order valence-electron chi connectivity index (χ3n) is 7.41. The maximum absolute atomic E-state index is 12.6. The number of hydrogen-bond donors (Lipinski definition) is 2. The fraction of sp³-hybridized carbons (Fsp3) is 0.636. The molecule has 0 unspecified atom stereocenters. The van der Waals surface area contributed by atoms with Crippen LogP contribution in [-0.2, 0) is 11.2 Å². The van der Waals surface area contributed by atoms with Gasteiger partial charge in [0, 0.05) is 18.9 Å². The number of fused-ring (bicyclic) bond motifs is 1. The van der Waals surface area contributed by atoms with E-state index in [9.17, 15) is 4.79 Å². The SMILES string of the molecule is C[C@H](NC(=O)CCc1nc2ccccc2[nH]1)C12CC3CC(CC(C3)C1)C2. The van der Waals surface area contributed by atoms with Gasteiger partial charge in [-0.25, -0.2) is 4.98 Å². The first-order valence-electron chi connectivity index (χ1n) is 10.3. The van der Waals surface area contributed by atoms with Crippen LogP contribution in [0.1, 0.15) is 57.7 Å². The smallest absolute Gasteiger partial charge is 0.220 e. The van der Waals surface area contributed by atoms with E-state index in [2.05, 4.69) is 22.2 Å². The van der Waals surface area contributed by atoms with E-state index in [-0.39, 0.29) is 5.91 Å². The second kappa shape index (κ2) is 6.11. The lowest BCUT2D eigenvalue weighted by molar-refractivity contribution is -0.125. The first-order chi connectivity index (χ1) is 12.6. The molecule has 4 bridgehead atoms. The number of imidazole rings is 1.